The Morgan fingerprint density at radius 1 is 1.40 bits per heavy atom. The standard InChI is InChI=1S/C13H15N3O3S/c1-10-4-2-3-5-11(10)9-20(19)7-6-16-8-12(13(17)18)14-15-16/h2-5,8H,6-7,9H2,1H3,(H,17,18). The quantitative estimate of drug-likeness (QED) is 0.866. The number of hydrogen-bond acceptors (Lipinski definition) is 4. The Morgan fingerprint density at radius 2 is 2.15 bits per heavy atom. The Morgan fingerprint density at radius 3 is 2.80 bits per heavy atom. The lowest BCUT2D eigenvalue weighted by atomic mass is 10.1. The molecule has 0 aliphatic carbocycles. The Balaban J connectivity index is 1.89. The summed E-state index contributed by atoms with van der Waals surface area (Å²) in [6.45, 7) is 2.38. The van der Waals surface area contributed by atoms with Crippen LogP contribution >= 0.6 is 0 Å². The summed E-state index contributed by atoms with van der Waals surface area (Å²) in [7, 11) is -1.02. The summed E-state index contributed by atoms with van der Waals surface area (Å²) in [4.78, 5) is 10.7. The van der Waals surface area contributed by atoms with Crippen molar-refractivity contribution in [2.45, 2.75) is 19.2 Å². The Kier molecular flexibility index (Phi) is 4.62. The number of aromatic nitrogens is 3. The van der Waals surface area contributed by atoms with Crippen molar-refractivity contribution < 1.29 is 14.1 Å². The maximum Gasteiger partial charge on any atom is 0.358 e. The van der Waals surface area contributed by atoms with Crippen LogP contribution < -0.4 is 0 Å². The molecule has 0 bridgehead atoms. The summed E-state index contributed by atoms with van der Waals surface area (Å²) in [5.41, 5.74) is 2.08. The molecular weight excluding hydrogens is 278 g/mol. The van der Waals surface area contributed by atoms with Gasteiger partial charge in [-0.05, 0) is 18.1 Å². The Bertz CT molecular complexity index is 639. The summed E-state index contributed by atoms with van der Waals surface area (Å²) in [5, 5.41) is 15.9. The van der Waals surface area contributed by atoms with Crippen LogP contribution in [0.4, 0.5) is 0 Å². The molecule has 0 radical (unpaired) electrons. The fourth-order valence-corrected chi connectivity index (χ4v) is 2.92. The summed E-state index contributed by atoms with van der Waals surface area (Å²) >= 11 is 0. The molecule has 2 aromatic rings. The molecule has 0 spiro atoms. The third-order valence-corrected chi connectivity index (χ3v) is 4.15. The lowest BCUT2D eigenvalue weighted by Crippen LogP contribution is -2.10. The minimum atomic E-state index is -1.11. The molecule has 0 aliphatic heterocycles. The van der Waals surface area contributed by atoms with Crippen LogP contribution in [0.25, 0.3) is 0 Å². The van der Waals surface area contributed by atoms with Gasteiger partial charge in [-0.15, -0.1) is 5.10 Å². The largest absolute Gasteiger partial charge is 0.476 e. The number of aromatic carboxylic acids is 1. The van der Waals surface area contributed by atoms with Crippen molar-refractivity contribution in [2.75, 3.05) is 5.75 Å². The van der Waals surface area contributed by atoms with E-state index in [0.717, 1.165) is 11.1 Å². The van der Waals surface area contributed by atoms with Crippen molar-refractivity contribution in [3.8, 4) is 0 Å². The highest BCUT2D eigenvalue weighted by molar-refractivity contribution is 7.84. The van der Waals surface area contributed by atoms with Crippen LogP contribution in [0.5, 0.6) is 0 Å². The second kappa shape index (κ2) is 6.42. The fourth-order valence-electron chi connectivity index (χ4n) is 1.72. The van der Waals surface area contributed by atoms with Gasteiger partial charge in [0.1, 0.15) is 0 Å². The molecule has 6 nitrogen and oxygen atoms in total. The number of aryl methyl sites for hydroxylation is 2. The molecule has 1 heterocycles. The Hall–Kier alpha value is -2.02. The van der Waals surface area contributed by atoms with Crippen molar-refractivity contribution >= 4 is 16.8 Å². The summed E-state index contributed by atoms with van der Waals surface area (Å²) in [6, 6.07) is 7.83. The lowest BCUT2D eigenvalue weighted by molar-refractivity contribution is 0.0690. The normalized spacial score (nSPS) is 12.2. The third-order valence-electron chi connectivity index (χ3n) is 2.88. The van der Waals surface area contributed by atoms with Crippen LogP contribution in [-0.4, -0.2) is 36.0 Å². The molecule has 1 N–H and O–H groups in total. The number of nitrogens with zero attached hydrogens (tertiary/aromatic N) is 3. The number of benzene rings is 1. The van der Waals surface area contributed by atoms with Crippen molar-refractivity contribution in [3.63, 3.8) is 0 Å². The van der Waals surface area contributed by atoms with Gasteiger partial charge in [0.25, 0.3) is 0 Å². The van der Waals surface area contributed by atoms with E-state index >= 15 is 0 Å². The van der Waals surface area contributed by atoms with Gasteiger partial charge in [0, 0.05) is 22.3 Å². The maximum absolute atomic E-state index is 12.0. The van der Waals surface area contributed by atoms with Crippen molar-refractivity contribution in [2.24, 2.45) is 0 Å². The van der Waals surface area contributed by atoms with Crippen molar-refractivity contribution in [1.29, 1.82) is 0 Å². The molecule has 106 valence electrons. The molecular formula is C13H15N3O3S. The van der Waals surface area contributed by atoms with Crippen LogP contribution in [0, 0.1) is 6.92 Å². The molecule has 1 atom stereocenters. The molecule has 7 heteroatoms. The highest BCUT2D eigenvalue weighted by Crippen LogP contribution is 2.09. The van der Waals surface area contributed by atoms with Gasteiger partial charge in [0.15, 0.2) is 5.69 Å². The Labute approximate surface area is 118 Å². The highest BCUT2D eigenvalue weighted by Gasteiger charge is 2.09. The number of carboxylic acids is 1. The molecule has 0 amide bonds. The molecule has 0 fully saturated rings. The van der Waals surface area contributed by atoms with E-state index in [2.05, 4.69) is 10.3 Å². The SMILES string of the molecule is Cc1ccccc1CS(=O)CCn1cc(C(=O)O)nn1. The van der Waals surface area contributed by atoms with Gasteiger partial charge in [-0.2, -0.15) is 0 Å². The fraction of sp³-hybridized carbons (Fsp3) is 0.308. The van der Waals surface area contributed by atoms with E-state index in [4.69, 9.17) is 5.11 Å². The first-order valence-electron chi connectivity index (χ1n) is 6.09. The summed E-state index contributed by atoms with van der Waals surface area (Å²) in [5.74, 6) is -0.207. The molecule has 1 unspecified atom stereocenters. The van der Waals surface area contributed by atoms with Gasteiger partial charge in [0.05, 0.1) is 12.7 Å². The van der Waals surface area contributed by atoms with Crippen LogP contribution in [0.2, 0.25) is 0 Å². The zero-order valence-electron chi connectivity index (χ0n) is 11.0. The zero-order chi connectivity index (χ0) is 14.5. The van der Waals surface area contributed by atoms with E-state index in [1.807, 2.05) is 31.2 Å². The maximum atomic E-state index is 12.0. The summed E-state index contributed by atoms with van der Waals surface area (Å²) < 4.78 is 13.4. The van der Waals surface area contributed by atoms with Crippen molar-refractivity contribution in [3.05, 3.63) is 47.3 Å². The average Bonchev–Trinajstić information content (AvgIpc) is 2.88. The number of carboxylic acid groups (broad SMARTS) is 1. The van der Waals surface area contributed by atoms with Gasteiger partial charge < -0.3 is 5.11 Å². The minimum absolute atomic E-state index is 0.102. The minimum Gasteiger partial charge on any atom is -0.476 e. The molecule has 1 aromatic carbocycles. The topological polar surface area (TPSA) is 85.1 Å². The van der Waals surface area contributed by atoms with Gasteiger partial charge in [-0.1, -0.05) is 29.5 Å². The smallest absolute Gasteiger partial charge is 0.358 e. The molecule has 1 aromatic heterocycles. The number of carbonyl (C=O) groups is 1. The molecule has 0 saturated heterocycles. The van der Waals surface area contributed by atoms with Crippen molar-refractivity contribution in [1.82, 2.24) is 15.0 Å². The first kappa shape index (κ1) is 14.4. The van der Waals surface area contributed by atoms with E-state index in [1.165, 1.54) is 10.9 Å². The lowest BCUT2D eigenvalue weighted by Gasteiger charge is -2.05. The second-order valence-electron chi connectivity index (χ2n) is 4.39. The zero-order valence-corrected chi connectivity index (χ0v) is 11.8. The van der Waals surface area contributed by atoms with Crippen LogP contribution in [-0.2, 0) is 23.1 Å². The predicted octanol–water partition coefficient (Wildman–Crippen LogP) is 1.23. The second-order valence-corrected chi connectivity index (χ2v) is 5.96. The third kappa shape index (κ3) is 3.74. The predicted molar refractivity (Wildman–Crippen MR) is 74.9 cm³/mol. The van der Waals surface area contributed by atoms with Gasteiger partial charge in [0.2, 0.25) is 0 Å². The first-order valence-corrected chi connectivity index (χ1v) is 7.58. The molecule has 20 heavy (non-hydrogen) atoms. The molecule has 2 rings (SSSR count). The number of rotatable bonds is 6. The highest BCUT2D eigenvalue weighted by atomic mass is 32.2. The summed E-state index contributed by atoms with van der Waals surface area (Å²) in [6.07, 6.45) is 1.34. The number of hydrogen-bond donors (Lipinski definition) is 1. The van der Waals surface area contributed by atoms with E-state index in [0.29, 0.717) is 18.1 Å². The first-order chi connectivity index (χ1) is 9.56. The van der Waals surface area contributed by atoms with Gasteiger partial charge in [-0.25, -0.2) is 4.79 Å². The van der Waals surface area contributed by atoms with E-state index in [-0.39, 0.29) is 5.69 Å². The van der Waals surface area contributed by atoms with Gasteiger partial charge >= 0.3 is 5.97 Å². The van der Waals surface area contributed by atoms with E-state index in [9.17, 15) is 9.00 Å². The van der Waals surface area contributed by atoms with E-state index < -0.39 is 16.8 Å². The monoisotopic (exact) mass is 293 g/mol. The molecule has 0 saturated carbocycles. The van der Waals surface area contributed by atoms with Crippen LogP contribution in [0.3, 0.4) is 0 Å². The average molecular weight is 293 g/mol. The van der Waals surface area contributed by atoms with Gasteiger partial charge in [-0.3, -0.25) is 8.89 Å². The van der Waals surface area contributed by atoms with Crippen LogP contribution in [0.1, 0.15) is 21.6 Å². The van der Waals surface area contributed by atoms with Crippen LogP contribution in [0.15, 0.2) is 30.5 Å². The van der Waals surface area contributed by atoms with E-state index in [1.54, 1.807) is 0 Å². The molecule has 0 aliphatic rings.